The molecule has 1 aromatic heterocycles. The van der Waals surface area contributed by atoms with Crippen LogP contribution in [0, 0.1) is 0 Å². The highest BCUT2D eigenvalue weighted by Gasteiger charge is 2.49. The summed E-state index contributed by atoms with van der Waals surface area (Å²) in [6, 6.07) is 16.6. The molecule has 1 fully saturated rings. The third-order valence-corrected chi connectivity index (χ3v) is 6.72. The van der Waals surface area contributed by atoms with E-state index in [4.69, 9.17) is 4.74 Å². The number of ether oxygens (including phenoxy) is 1. The maximum Gasteiger partial charge on any atom is 0.326 e. The van der Waals surface area contributed by atoms with Crippen molar-refractivity contribution in [3.05, 3.63) is 60.2 Å². The Balaban J connectivity index is 1.57. The van der Waals surface area contributed by atoms with Crippen molar-refractivity contribution in [2.75, 3.05) is 13.2 Å². The van der Waals surface area contributed by atoms with Gasteiger partial charge in [0.05, 0.1) is 11.3 Å². The average molecular weight is 476 g/mol. The molecule has 8 nitrogen and oxygen atoms in total. The van der Waals surface area contributed by atoms with Gasteiger partial charge in [-0.1, -0.05) is 62.4 Å². The number of para-hydroxylation sites is 1. The van der Waals surface area contributed by atoms with Crippen LogP contribution in [0.5, 0.6) is 0 Å². The van der Waals surface area contributed by atoms with Crippen LogP contribution >= 0.6 is 0 Å². The lowest BCUT2D eigenvalue weighted by molar-refractivity contribution is -0.146. The quantitative estimate of drug-likeness (QED) is 0.285. The van der Waals surface area contributed by atoms with Crippen LogP contribution in [0.3, 0.4) is 0 Å². The molecular formula is C27H29N3O5. The second-order valence-electron chi connectivity index (χ2n) is 8.55. The highest BCUT2D eigenvalue weighted by molar-refractivity contribution is 6.14. The summed E-state index contributed by atoms with van der Waals surface area (Å²) in [5.74, 6) is -1.62. The Labute approximate surface area is 203 Å². The van der Waals surface area contributed by atoms with Crippen LogP contribution < -0.4 is 5.32 Å². The van der Waals surface area contributed by atoms with Crippen molar-refractivity contribution in [3.63, 3.8) is 0 Å². The van der Waals surface area contributed by atoms with Crippen LogP contribution in [0.2, 0.25) is 0 Å². The Hall–Kier alpha value is -3.94. The molecule has 1 aliphatic rings. The molecule has 35 heavy (non-hydrogen) atoms. The van der Waals surface area contributed by atoms with Gasteiger partial charge < -0.3 is 14.6 Å². The van der Waals surface area contributed by atoms with Crippen LogP contribution in [-0.2, 0) is 20.9 Å². The van der Waals surface area contributed by atoms with E-state index in [1.165, 1.54) is 0 Å². The largest absolute Gasteiger partial charge is 0.456 e. The maximum absolute atomic E-state index is 13.4. The molecule has 182 valence electrons. The minimum atomic E-state index is -1.00. The Morgan fingerprint density at radius 1 is 0.943 bits per heavy atom. The minimum Gasteiger partial charge on any atom is -0.456 e. The Bertz CT molecular complexity index is 1290. The molecule has 1 aliphatic heterocycles. The van der Waals surface area contributed by atoms with Gasteiger partial charge in [-0.05, 0) is 31.4 Å². The first-order valence-corrected chi connectivity index (χ1v) is 11.9. The summed E-state index contributed by atoms with van der Waals surface area (Å²) in [5.41, 5.74) is 2.04. The summed E-state index contributed by atoms with van der Waals surface area (Å²) in [6.07, 6.45) is 0.837. The van der Waals surface area contributed by atoms with E-state index in [-0.39, 0.29) is 5.78 Å². The van der Waals surface area contributed by atoms with Crippen LogP contribution in [0.4, 0.5) is 4.79 Å². The second kappa shape index (κ2) is 9.74. The third-order valence-electron chi connectivity index (χ3n) is 6.72. The summed E-state index contributed by atoms with van der Waals surface area (Å²) >= 11 is 0. The van der Waals surface area contributed by atoms with Crippen LogP contribution in [0.25, 0.3) is 22.2 Å². The van der Waals surface area contributed by atoms with E-state index < -0.39 is 36.6 Å². The standard InChI is InChI=1S/C27H29N3O5/c1-4-27(5-2)25(33)30(26(34)28-27)16-22(32)35-17-21(31)23-19-14-10-11-15-20(19)29(6-3)24(23)18-12-8-7-9-13-18/h7-15H,4-6,16-17H2,1-3H3,(H,28,34). The van der Waals surface area contributed by atoms with Gasteiger partial charge in [-0.15, -0.1) is 0 Å². The number of benzene rings is 2. The fourth-order valence-electron chi connectivity index (χ4n) is 4.75. The van der Waals surface area contributed by atoms with Gasteiger partial charge in [0.2, 0.25) is 5.78 Å². The average Bonchev–Trinajstić information content (AvgIpc) is 3.35. The molecule has 0 aliphatic carbocycles. The lowest BCUT2D eigenvalue weighted by Gasteiger charge is -2.22. The molecule has 0 bridgehead atoms. The highest BCUT2D eigenvalue weighted by Crippen LogP contribution is 2.34. The van der Waals surface area contributed by atoms with E-state index >= 15 is 0 Å². The number of Topliss-reactive ketones (excluding diaryl/α,β-unsaturated/α-hetero) is 1. The number of nitrogens with one attached hydrogen (secondary N) is 1. The van der Waals surface area contributed by atoms with Gasteiger partial charge in [0, 0.05) is 17.4 Å². The number of carbonyl (C=O) groups excluding carboxylic acids is 4. The number of fused-ring (bicyclic) bond motifs is 1. The van der Waals surface area contributed by atoms with Crippen LogP contribution in [0.1, 0.15) is 44.0 Å². The molecule has 0 radical (unpaired) electrons. The van der Waals surface area contributed by atoms with E-state index in [9.17, 15) is 19.2 Å². The summed E-state index contributed by atoms with van der Waals surface area (Å²) in [6.45, 7) is 5.24. The van der Waals surface area contributed by atoms with Gasteiger partial charge >= 0.3 is 12.0 Å². The zero-order chi connectivity index (χ0) is 25.2. The molecule has 0 saturated carbocycles. The summed E-state index contributed by atoms with van der Waals surface area (Å²) in [4.78, 5) is 51.9. The third kappa shape index (κ3) is 4.20. The topological polar surface area (TPSA) is 97.7 Å². The molecule has 2 aromatic carbocycles. The predicted molar refractivity (Wildman–Crippen MR) is 132 cm³/mol. The molecule has 1 N–H and O–H groups in total. The number of hydrogen-bond donors (Lipinski definition) is 1. The lowest BCUT2D eigenvalue weighted by Crippen LogP contribution is -2.46. The summed E-state index contributed by atoms with van der Waals surface area (Å²) < 4.78 is 7.33. The SMILES string of the molecule is CCn1c(-c2ccccc2)c(C(=O)COC(=O)CN2C(=O)NC(CC)(CC)C2=O)c2ccccc21. The zero-order valence-electron chi connectivity index (χ0n) is 20.2. The Morgan fingerprint density at radius 3 is 2.23 bits per heavy atom. The van der Waals surface area contributed by atoms with E-state index in [1.807, 2.05) is 61.5 Å². The van der Waals surface area contributed by atoms with Gasteiger partial charge in [0.25, 0.3) is 5.91 Å². The van der Waals surface area contributed by atoms with E-state index in [1.54, 1.807) is 13.8 Å². The van der Waals surface area contributed by atoms with Crippen molar-refractivity contribution in [1.29, 1.82) is 0 Å². The normalized spacial score (nSPS) is 14.9. The number of urea groups is 1. The van der Waals surface area contributed by atoms with E-state index in [0.29, 0.717) is 24.9 Å². The molecular weight excluding hydrogens is 446 g/mol. The monoisotopic (exact) mass is 475 g/mol. The number of hydrogen-bond acceptors (Lipinski definition) is 5. The molecule has 0 atom stereocenters. The number of carbonyl (C=O) groups is 4. The highest BCUT2D eigenvalue weighted by atomic mass is 16.5. The Morgan fingerprint density at radius 2 is 1.60 bits per heavy atom. The Kier molecular flexibility index (Phi) is 6.73. The zero-order valence-corrected chi connectivity index (χ0v) is 20.2. The number of aryl methyl sites for hydroxylation is 1. The number of imide groups is 1. The molecule has 0 unspecified atom stereocenters. The number of nitrogens with zero attached hydrogens (tertiary/aromatic N) is 2. The predicted octanol–water partition coefficient (Wildman–Crippen LogP) is 4.16. The van der Waals surface area contributed by atoms with Crippen molar-refractivity contribution in [2.24, 2.45) is 0 Å². The van der Waals surface area contributed by atoms with Crippen molar-refractivity contribution in [2.45, 2.75) is 45.7 Å². The van der Waals surface area contributed by atoms with Crippen molar-refractivity contribution in [1.82, 2.24) is 14.8 Å². The molecule has 8 heteroatoms. The van der Waals surface area contributed by atoms with Gasteiger partial charge in [-0.25, -0.2) is 4.79 Å². The van der Waals surface area contributed by atoms with E-state index in [0.717, 1.165) is 27.1 Å². The first kappa shape index (κ1) is 24.2. The fraction of sp³-hybridized carbons (Fsp3) is 0.333. The minimum absolute atomic E-state index is 0.353. The second-order valence-corrected chi connectivity index (χ2v) is 8.55. The molecule has 3 aromatic rings. The summed E-state index contributed by atoms with van der Waals surface area (Å²) in [7, 11) is 0. The molecule has 0 spiro atoms. The summed E-state index contributed by atoms with van der Waals surface area (Å²) in [5, 5.41) is 3.45. The van der Waals surface area contributed by atoms with Gasteiger partial charge in [0.1, 0.15) is 12.1 Å². The number of esters is 1. The smallest absolute Gasteiger partial charge is 0.326 e. The molecule has 1 saturated heterocycles. The maximum atomic E-state index is 13.4. The van der Waals surface area contributed by atoms with Crippen LogP contribution in [-0.4, -0.2) is 51.8 Å². The fourth-order valence-corrected chi connectivity index (χ4v) is 4.75. The van der Waals surface area contributed by atoms with Crippen molar-refractivity contribution in [3.8, 4) is 11.3 Å². The van der Waals surface area contributed by atoms with Gasteiger partial charge in [-0.2, -0.15) is 0 Å². The first-order chi connectivity index (χ1) is 16.9. The lowest BCUT2D eigenvalue weighted by atomic mass is 9.93. The number of amides is 3. The van der Waals surface area contributed by atoms with Crippen molar-refractivity contribution < 1.29 is 23.9 Å². The number of aromatic nitrogens is 1. The van der Waals surface area contributed by atoms with Crippen molar-refractivity contribution >= 4 is 34.6 Å². The first-order valence-electron chi connectivity index (χ1n) is 11.9. The molecule has 2 heterocycles. The van der Waals surface area contributed by atoms with E-state index in [2.05, 4.69) is 9.88 Å². The number of ketones is 1. The molecule has 3 amide bonds. The van der Waals surface area contributed by atoms with Crippen LogP contribution in [0.15, 0.2) is 54.6 Å². The molecule has 4 rings (SSSR count). The number of rotatable bonds is 9. The van der Waals surface area contributed by atoms with Gasteiger partial charge in [0.15, 0.2) is 6.61 Å². The van der Waals surface area contributed by atoms with Gasteiger partial charge in [-0.3, -0.25) is 19.3 Å².